The Bertz CT molecular complexity index is 911. The van der Waals surface area contributed by atoms with E-state index in [9.17, 15) is 0 Å². The van der Waals surface area contributed by atoms with Gasteiger partial charge in [0.1, 0.15) is 5.82 Å². The molecule has 1 aliphatic heterocycles. The molecule has 3 aromatic rings. The first-order chi connectivity index (χ1) is 12.6. The summed E-state index contributed by atoms with van der Waals surface area (Å²) in [6, 6.07) is 17.6. The SMILES string of the molecule is CCC1CCc2nc(-c3ccc(C)cc3)c(-c3ccc(C)cc3)nc2N1. The molecular formula is C23H25N3. The van der Waals surface area contributed by atoms with Gasteiger partial charge in [-0.3, -0.25) is 0 Å². The molecule has 26 heavy (non-hydrogen) atoms. The van der Waals surface area contributed by atoms with Gasteiger partial charge in [0.15, 0.2) is 0 Å². The van der Waals surface area contributed by atoms with E-state index in [1.165, 1.54) is 11.1 Å². The Kier molecular flexibility index (Phi) is 4.46. The predicted octanol–water partition coefficient (Wildman–Crippen LogP) is 5.56. The first kappa shape index (κ1) is 16.8. The second-order valence-electron chi connectivity index (χ2n) is 7.24. The predicted molar refractivity (Wildman–Crippen MR) is 108 cm³/mol. The van der Waals surface area contributed by atoms with Gasteiger partial charge in [0.05, 0.1) is 17.1 Å². The molecule has 0 saturated heterocycles. The van der Waals surface area contributed by atoms with Crippen LogP contribution >= 0.6 is 0 Å². The van der Waals surface area contributed by atoms with E-state index >= 15 is 0 Å². The van der Waals surface area contributed by atoms with Crippen molar-refractivity contribution in [1.29, 1.82) is 0 Å². The molecule has 2 aromatic carbocycles. The van der Waals surface area contributed by atoms with Crippen LogP contribution in [0.25, 0.3) is 22.5 Å². The molecule has 1 aliphatic rings. The third-order valence-corrected chi connectivity index (χ3v) is 5.18. The van der Waals surface area contributed by atoms with Crippen LogP contribution in [0.3, 0.4) is 0 Å². The second-order valence-corrected chi connectivity index (χ2v) is 7.24. The monoisotopic (exact) mass is 343 g/mol. The van der Waals surface area contributed by atoms with Crippen LogP contribution in [0.4, 0.5) is 5.82 Å². The minimum Gasteiger partial charge on any atom is -0.366 e. The van der Waals surface area contributed by atoms with Crippen molar-refractivity contribution in [3.05, 3.63) is 65.4 Å². The fourth-order valence-electron chi connectivity index (χ4n) is 3.47. The number of benzene rings is 2. The highest BCUT2D eigenvalue weighted by atomic mass is 15.1. The summed E-state index contributed by atoms with van der Waals surface area (Å²) in [6.45, 7) is 6.44. The van der Waals surface area contributed by atoms with E-state index in [0.29, 0.717) is 6.04 Å². The maximum absolute atomic E-state index is 5.06. The van der Waals surface area contributed by atoms with E-state index in [-0.39, 0.29) is 0 Å². The van der Waals surface area contributed by atoms with E-state index in [4.69, 9.17) is 9.97 Å². The average Bonchev–Trinajstić information content (AvgIpc) is 2.68. The standard InChI is InChI=1S/C23H25N3/c1-4-19-13-14-20-23(24-19)26-22(18-11-7-16(3)8-12-18)21(25-20)17-9-5-15(2)6-10-17/h5-12,19H,4,13-14H2,1-3H3,(H,24,26). The number of nitrogens with zero attached hydrogens (tertiary/aromatic N) is 2. The first-order valence-corrected chi connectivity index (χ1v) is 9.45. The third kappa shape index (κ3) is 3.22. The summed E-state index contributed by atoms with van der Waals surface area (Å²) < 4.78 is 0. The molecular weight excluding hydrogens is 318 g/mol. The van der Waals surface area contributed by atoms with E-state index in [1.54, 1.807) is 0 Å². The summed E-state index contributed by atoms with van der Waals surface area (Å²) in [6.07, 6.45) is 3.22. The maximum Gasteiger partial charge on any atom is 0.148 e. The minimum absolute atomic E-state index is 0.493. The van der Waals surface area contributed by atoms with Crippen LogP contribution in [0.15, 0.2) is 48.5 Å². The number of anilines is 1. The van der Waals surface area contributed by atoms with Crippen LogP contribution in [0.5, 0.6) is 0 Å². The summed E-state index contributed by atoms with van der Waals surface area (Å²) >= 11 is 0. The van der Waals surface area contributed by atoms with Crippen LogP contribution in [0.2, 0.25) is 0 Å². The van der Waals surface area contributed by atoms with E-state index in [2.05, 4.69) is 74.6 Å². The second kappa shape index (κ2) is 6.91. The zero-order valence-electron chi connectivity index (χ0n) is 15.7. The van der Waals surface area contributed by atoms with Crippen molar-refractivity contribution in [2.24, 2.45) is 0 Å². The average molecular weight is 343 g/mol. The van der Waals surface area contributed by atoms with Gasteiger partial charge in [0, 0.05) is 17.2 Å². The van der Waals surface area contributed by atoms with Crippen LogP contribution < -0.4 is 5.32 Å². The normalized spacial score (nSPS) is 16.0. The molecule has 132 valence electrons. The quantitative estimate of drug-likeness (QED) is 0.676. The summed E-state index contributed by atoms with van der Waals surface area (Å²) in [5, 5.41) is 3.58. The largest absolute Gasteiger partial charge is 0.366 e. The Hall–Kier alpha value is -2.68. The highest BCUT2D eigenvalue weighted by Gasteiger charge is 2.22. The Morgan fingerprint density at radius 1 is 0.846 bits per heavy atom. The molecule has 0 amide bonds. The number of aromatic nitrogens is 2. The van der Waals surface area contributed by atoms with Crippen LogP contribution in [-0.2, 0) is 6.42 Å². The number of nitrogens with one attached hydrogen (secondary N) is 1. The van der Waals surface area contributed by atoms with Crippen LogP contribution in [-0.4, -0.2) is 16.0 Å². The highest BCUT2D eigenvalue weighted by Crippen LogP contribution is 2.34. The van der Waals surface area contributed by atoms with Crippen LogP contribution in [0.1, 0.15) is 36.6 Å². The number of fused-ring (bicyclic) bond motifs is 1. The van der Waals surface area contributed by atoms with E-state index < -0.39 is 0 Å². The fraction of sp³-hybridized carbons (Fsp3) is 0.304. The lowest BCUT2D eigenvalue weighted by Crippen LogP contribution is -2.26. The van der Waals surface area contributed by atoms with E-state index in [0.717, 1.165) is 53.3 Å². The molecule has 0 spiro atoms. The number of aryl methyl sites for hydroxylation is 3. The van der Waals surface area contributed by atoms with Crippen LogP contribution in [0, 0.1) is 13.8 Å². The zero-order valence-corrected chi connectivity index (χ0v) is 15.7. The number of hydrogen-bond donors (Lipinski definition) is 1. The summed E-state index contributed by atoms with van der Waals surface area (Å²) in [4.78, 5) is 10.1. The van der Waals surface area contributed by atoms with Gasteiger partial charge in [-0.1, -0.05) is 66.6 Å². The Morgan fingerprint density at radius 3 is 1.92 bits per heavy atom. The minimum atomic E-state index is 0.493. The summed E-state index contributed by atoms with van der Waals surface area (Å²) in [5.74, 6) is 0.953. The van der Waals surface area contributed by atoms with Crippen molar-refractivity contribution in [2.75, 3.05) is 5.32 Å². The Morgan fingerprint density at radius 2 is 1.38 bits per heavy atom. The van der Waals surface area contributed by atoms with Crippen molar-refractivity contribution >= 4 is 5.82 Å². The molecule has 1 N–H and O–H groups in total. The van der Waals surface area contributed by atoms with Crippen molar-refractivity contribution in [1.82, 2.24) is 9.97 Å². The molecule has 2 heterocycles. The van der Waals surface area contributed by atoms with Gasteiger partial charge in [-0.2, -0.15) is 0 Å². The fourth-order valence-corrected chi connectivity index (χ4v) is 3.47. The third-order valence-electron chi connectivity index (χ3n) is 5.18. The molecule has 1 unspecified atom stereocenters. The van der Waals surface area contributed by atoms with Crippen molar-refractivity contribution in [2.45, 2.75) is 46.1 Å². The van der Waals surface area contributed by atoms with Gasteiger partial charge < -0.3 is 5.32 Å². The smallest absolute Gasteiger partial charge is 0.148 e. The Balaban J connectivity index is 1.88. The molecule has 0 radical (unpaired) electrons. The van der Waals surface area contributed by atoms with Gasteiger partial charge in [-0.05, 0) is 33.1 Å². The molecule has 0 aliphatic carbocycles. The van der Waals surface area contributed by atoms with Crippen molar-refractivity contribution in [3.63, 3.8) is 0 Å². The molecule has 0 fully saturated rings. The van der Waals surface area contributed by atoms with Gasteiger partial charge >= 0.3 is 0 Å². The zero-order chi connectivity index (χ0) is 18.1. The van der Waals surface area contributed by atoms with Gasteiger partial charge in [-0.25, -0.2) is 9.97 Å². The van der Waals surface area contributed by atoms with E-state index in [1.807, 2.05) is 0 Å². The molecule has 4 rings (SSSR count). The topological polar surface area (TPSA) is 37.8 Å². The lowest BCUT2D eigenvalue weighted by Gasteiger charge is -2.26. The van der Waals surface area contributed by atoms with Crippen molar-refractivity contribution < 1.29 is 0 Å². The lowest BCUT2D eigenvalue weighted by molar-refractivity contribution is 0.601. The molecule has 1 aromatic heterocycles. The summed E-state index contributed by atoms with van der Waals surface area (Å²) in [5.41, 5.74) is 7.76. The van der Waals surface area contributed by atoms with Gasteiger partial charge in [0.25, 0.3) is 0 Å². The highest BCUT2D eigenvalue weighted by molar-refractivity contribution is 5.79. The lowest BCUT2D eigenvalue weighted by atomic mass is 9.99. The molecule has 3 nitrogen and oxygen atoms in total. The van der Waals surface area contributed by atoms with Gasteiger partial charge in [-0.15, -0.1) is 0 Å². The molecule has 1 atom stereocenters. The molecule has 0 bridgehead atoms. The Labute approximate surface area is 155 Å². The summed E-state index contributed by atoms with van der Waals surface area (Å²) in [7, 11) is 0. The molecule has 0 saturated carbocycles. The first-order valence-electron chi connectivity index (χ1n) is 9.45. The van der Waals surface area contributed by atoms with Gasteiger partial charge in [0.2, 0.25) is 0 Å². The number of hydrogen-bond acceptors (Lipinski definition) is 3. The van der Waals surface area contributed by atoms with Crippen molar-refractivity contribution in [3.8, 4) is 22.5 Å². The number of rotatable bonds is 3. The molecule has 3 heteroatoms. The maximum atomic E-state index is 5.06.